The predicted octanol–water partition coefficient (Wildman–Crippen LogP) is 5.92. The van der Waals surface area contributed by atoms with Crippen molar-refractivity contribution in [2.45, 2.75) is 50.9 Å². The number of hydrogen-bond donors (Lipinski definition) is 1. The fraction of sp³-hybridized carbons (Fsp3) is 0.367. The summed E-state index contributed by atoms with van der Waals surface area (Å²) in [5, 5.41) is 3.03. The van der Waals surface area contributed by atoms with E-state index in [4.69, 9.17) is 4.74 Å². The highest BCUT2D eigenvalue weighted by Gasteiger charge is 2.24. The second-order valence-corrected chi connectivity index (χ2v) is 9.66. The average Bonchev–Trinajstić information content (AvgIpc) is 2.87. The van der Waals surface area contributed by atoms with Gasteiger partial charge in [-0.15, -0.1) is 0 Å². The molecule has 0 bridgehead atoms. The minimum absolute atomic E-state index is 0.123. The van der Waals surface area contributed by atoms with Crippen LogP contribution in [0.5, 0.6) is 5.75 Å². The summed E-state index contributed by atoms with van der Waals surface area (Å²) in [6.07, 6.45) is 6.96. The molecule has 1 heterocycles. The molecule has 2 aliphatic rings. The third-order valence-corrected chi connectivity index (χ3v) is 7.48. The Bertz CT molecular complexity index is 1190. The van der Waals surface area contributed by atoms with Crippen molar-refractivity contribution in [1.82, 2.24) is 0 Å². The SMILES string of the molecule is COc1cccc2c1CCCC2Cc1ccccc1N(C)CCc1ccc2c(c1)NC(=O)CC2. The van der Waals surface area contributed by atoms with E-state index in [2.05, 4.69) is 77.9 Å². The van der Waals surface area contributed by atoms with Gasteiger partial charge in [-0.05, 0) is 90.5 Å². The van der Waals surface area contributed by atoms with Crippen molar-refractivity contribution in [3.63, 3.8) is 0 Å². The van der Waals surface area contributed by atoms with E-state index in [9.17, 15) is 4.79 Å². The molecule has 5 rings (SSSR count). The average molecular weight is 455 g/mol. The molecule has 1 atom stereocenters. The number of fused-ring (bicyclic) bond motifs is 2. The normalized spacial score (nSPS) is 16.9. The molecule has 4 heteroatoms. The molecule has 34 heavy (non-hydrogen) atoms. The Hall–Kier alpha value is -3.27. The van der Waals surface area contributed by atoms with Crippen LogP contribution in [0.15, 0.2) is 60.7 Å². The summed E-state index contributed by atoms with van der Waals surface area (Å²) in [5.74, 6) is 1.68. The summed E-state index contributed by atoms with van der Waals surface area (Å²) in [4.78, 5) is 14.2. The van der Waals surface area contributed by atoms with Crippen molar-refractivity contribution in [1.29, 1.82) is 0 Å². The number of rotatable bonds is 7. The fourth-order valence-corrected chi connectivity index (χ4v) is 5.63. The van der Waals surface area contributed by atoms with Gasteiger partial charge >= 0.3 is 0 Å². The summed E-state index contributed by atoms with van der Waals surface area (Å²) in [5.41, 5.74) is 9.06. The Balaban J connectivity index is 1.30. The Morgan fingerprint density at radius 1 is 1.03 bits per heavy atom. The van der Waals surface area contributed by atoms with Crippen LogP contribution in [-0.2, 0) is 30.5 Å². The summed E-state index contributed by atoms with van der Waals surface area (Å²) in [7, 11) is 3.97. The van der Waals surface area contributed by atoms with E-state index in [1.807, 2.05) is 0 Å². The van der Waals surface area contributed by atoms with Crippen molar-refractivity contribution in [3.8, 4) is 5.75 Å². The molecule has 0 aromatic heterocycles. The lowest BCUT2D eigenvalue weighted by Crippen LogP contribution is -2.23. The molecule has 1 amide bonds. The van der Waals surface area contributed by atoms with Crippen LogP contribution in [0.1, 0.15) is 53.0 Å². The molecule has 1 unspecified atom stereocenters. The number of para-hydroxylation sites is 1. The van der Waals surface area contributed by atoms with Gasteiger partial charge in [0.1, 0.15) is 5.75 Å². The molecule has 1 N–H and O–H groups in total. The lowest BCUT2D eigenvalue weighted by Gasteiger charge is -2.29. The molecule has 1 aliphatic carbocycles. The van der Waals surface area contributed by atoms with E-state index in [0.29, 0.717) is 12.3 Å². The Morgan fingerprint density at radius 3 is 2.79 bits per heavy atom. The standard InChI is InChI=1S/C30H34N2O2/c1-32(18-17-21-13-14-22-15-16-30(33)31-27(22)19-21)28-11-4-3-7-24(28)20-23-8-5-10-26-25(23)9-6-12-29(26)34-2/h3-4,6-7,9,11-14,19,23H,5,8,10,15-18,20H2,1-2H3,(H,31,33). The van der Waals surface area contributed by atoms with Gasteiger partial charge in [0.15, 0.2) is 0 Å². The zero-order valence-corrected chi connectivity index (χ0v) is 20.3. The smallest absolute Gasteiger partial charge is 0.224 e. The number of aryl methyl sites for hydroxylation is 1. The number of carbonyl (C=O) groups is 1. The van der Waals surface area contributed by atoms with Crippen LogP contribution in [0, 0.1) is 0 Å². The van der Waals surface area contributed by atoms with E-state index in [1.54, 1.807) is 7.11 Å². The zero-order valence-electron chi connectivity index (χ0n) is 20.3. The number of likely N-dealkylation sites (N-methyl/N-ethyl adjacent to an activating group) is 1. The number of carbonyl (C=O) groups excluding carboxylic acids is 1. The van der Waals surface area contributed by atoms with Crippen LogP contribution in [0.25, 0.3) is 0 Å². The van der Waals surface area contributed by atoms with Crippen molar-refractivity contribution in [2.75, 3.05) is 30.9 Å². The first kappa shape index (κ1) is 22.5. The second kappa shape index (κ2) is 9.92. The van der Waals surface area contributed by atoms with Crippen LogP contribution in [0.4, 0.5) is 11.4 Å². The lowest BCUT2D eigenvalue weighted by molar-refractivity contribution is -0.116. The maximum atomic E-state index is 11.8. The van der Waals surface area contributed by atoms with Crippen molar-refractivity contribution < 1.29 is 9.53 Å². The second-order valence-electron chi connectivity index (χ2n) is 9.66. The van der Waals surface area contributed by atoms with E-state index in [1.165, 1.54) is 46.3 Å². The highest BCUT2D eigenvalue weighted by molar-refractivity contribution is 5.94. The van der Waals surface area contributed by atoms with Crippen LogP contribution in [0.3, 0.4) is 0 Å². The van der Waals surface area contributed by atoms with Crippen LogP contribution < -0.4 is 15.0 Å². The first-order chi connectivity index (χ1) is 16.6. The topological polar surface area (TPSA) is 41.6 Å². The van der Waals surface area contributed by atoms with E-state index >= 15 is 0 Å². The first-order valence-electron chi connectivity index (χ1n) is 12.5. The van der Waals surface area contributed by atoms with E-state index in [-0.39, 0.29) is 5.91 Å². The van der Waals surface area contributed by atoms with Gasteiger partial charge in [-0.1, -0.05) is 42.5 Å². The summed E-state index contributed by atoms with van der Waals surface area (Å²) >= 11 is 0. The van der Waals surface area contributed by atoms with Gasteiger partial charge < -0.3 is 15.0 Å². The number of methoxy groups -OCH3 is 1. The van der Waals surface area contributed by atoms with E-state index in [0.717, 1.165) is 43.7 Å². The summed E-state index contributed by atoms with van der Waals surface area (Å²) in [6.45, 7) is 0.929. The van der Waals surface area contributed by atoms with Gasteiger partial charge in [0.05, 0.1) is 7.11 Å². The van der Waals surface area contributed by atoms with Gasteiger partial charge in [0, 0.05) is 31.4 Å². The third-order valence-electron chi connectivity index (χ3n) is 7.48. The van der Waals surface area contributed by atoms with Crippen LogP contribution in [0.2, 0.25) is 0 Å². The molecule has 0 spiro atoms. The zero-order chi connectivity index (χ0) is 23.5. The van der Waals surface area contributed by atoms with E-state index < -0.39 is 0 Å². The van der Waals surface area contributed by atoms with Crippen molar-refractivity contribution in [2.24, 2.45) is 0 Å². The largest absolute Gasteiger partial charge is 0.496 e. The molecule has 1 aliphatic heterocycles. The molecule has 3 aromatic carbocycles. The molecule has 0 saturated heterocycles. The monoisotopic (exact) mass is 454 g/mol. The highest BCUT2D eigenvalue weighted by atomic mass is 16.5. The molecule has 0 fully saturated rings. The highest BCUT2D eigenvalue weighted by Crippen LogP contribution is 2.39. The fourth-order valence-electron chi connectivity index (χ4n) is 5.63. The van der Waals surface area contributed by atoms with Gasteiger partial charge in [0.2, 0.25) is 5.91 Å². The number of ether oxygens (including phenoxy) is 1. The first-order valence-corrected chi connectivity index (χ1v) is 12.5. The van der Waals surface area contributed by atoms with Crippen molar-refractivity contribution in [3.05, 3.63) is 88.5 Å². The number of amides is 1. The molecule has 4 nitrogen and oxygen atoms in total. The molecular weight excluding hydrogens is 420 g/mol. The quantitative estimate of drug-likeness (QED) is 0.482. The van der Waals surface area contributed by atoms with Gasteiger partial charge in [-0.3, -0.25) is 4.79 Å². The number of benzene rings is 3. The van der Waals surface area contributed by atoms with Gasteiger partial charge in [0.25, 0.3) is 0 Å². The van der Waals surface area contributed by atoms with Crippen LogP contribution in [-0.4, -0.2) is 26.6 Å². The molecule has 3 aromatic rings. The molecule has 0 saturated carbocycles. The number of nitrogens with one attached hydrogen (secondary N) is 1. The van der Waals surface area contributed by atoms with Crippen LogP contribution >= 0.6 is 0 Å². The summed E-state index contributed by atoms with van der Waals surface area (Å²) < 4.78 is 5.66. The minimum atomic E-state index is 0.123. The number of anilines is 2. The van der Waals surface area contributed by atoms with Gasteiger partial charge in [-0.25, -0.2) is 0 Å². The number of nitrogens with zero attached hydrogens (tertiary/aromatic N) is 1. The Morgan fingerprint density at radius 2 is 1.91 bits per heavy atom. The number of hydrogen-bond acceptors (Lipinski definition) is 3. The third kappa shape index (κ3) is 4.68. The summed E-state index contributed by atoms with van der Waals surface area (Å²) in [6, 6.07) is 21.9. The Kier molecular flexibility index (Phi) is 6.57. The maximum absolute atomic E-state index is 11.8. The van der Waals surface area contributed by atoms with Gasteiger partial charge in [-0.2, -0.15) is 0 Å². The maximum Gasteiger partial charge on any atom is 0.224 e. The lowest BCUT2D eigenvalue weighted by atomic mass is 9.79. The molecule has 0 radical (unpaired) electrons. The minimum Gasteiger partial charge on any atom is -0.496 e. The molecular formula is C30H34N2O2. The van der Waals surface area contributed by atoms with Crippen molar-refractivity contribution >= 4 is 17.3 Å². The predicted molar refractivity (Wildman–Crippen MR) is 139 cm³/mol. The molecule has 176 valence electrons. The Labute approximate surface area is 202 Å².